The first-order chi connectivity index (χ1) is 13.6. The van der Waals surface area contributed by atoms with Crippen molar-refractivity contribution < 1.29 is 9.32 Å². The molecule has 9 heteroatoms. The number of aryl methyl sites for hydroxylation is 2. The number of nitrogens with zero attached hydrogens (tertiary/aromatic N) is 4. The summed E-state index contributed by atoms with van der Waals surface area (Å²) in [5.74, 6) is 1.06. The second kappa shape index (κ2) is 8.75. The Labute approximate surface area is 175 Å². The smallest absolute Gasteiger partial charge is 0.257 e. The van der Waals surface area contributed by atoms with E-state index < -0.39 is 5.54 Å². The number of hydrogen-bond donors (Lipinski definition) is 2. The molecule has 1 amide bonds. The molecule has 8 nitrogen and oxygen atoms in total. The van der Waals surface area contributed by atoms with E-state index in [-0.39, 0.29) is 18.3 Å². The van der Waals surface area contributed by atoms with Crippen LogP contribution in [0.25, 0.3) is 11.5 Å². The van der Waals surface area contributed by atoms with Gasteiger partial charge in [0.2, 0.25) is 0 Å². The van der Waals surface area contributed by atoms with Gasteiger partial charge in [0.15, 0.2) is 5.82 Å². The van der Waals surface area contributed by atoms with E-state index in [9.17, 15) is 4.79 Å². The Morgan fingerprint density at radius 2 is 2.14 bits per heavy atom. The summed E-state index contributed by atoms with van der Waals surface area (Å²) in [6.45, 7) is 5.49. The minimum absolute atomic E-state index is 0. The van der Waals surface area contributed by atoms with E-state index in [1.807, 2.05) is 44.3 Å². The average Bonchev–Trinajstić information content (AvgIpc) is 3.42. The van der Waals surface area contributed by atoms with Crippen molar-refractivity contribution in [1.82, 2.24) is 25.2 Å². The number of anilines is 1. The van der Waals surface area contributed by atoms with Crippen LogP contribution in [0, 0.1) is 6.92 Å². The highest BCUT2D eigenvalue weighted by Gasteiger charge is 2.42. The number of halogens is 1. The Bertz CT molecular complexity index is 963. The van der Waals surface area contributed by atoms with Gasteiger partial charge in [-0.25, -0.2) is 0 Å². The van der Waals surface area contributed by atoms with Gasteiger partial charge in [0.1, 0.15) is 5.54 Å². The quantitative estimate of drug-likeness (QED) is 0.663. The Morgan fingerprint density at radius 1 is 1.34 bits per heavy atom. The maximum atomic E-state index is 13.4. The third-order valence-electron chi connectivity index (χ3n) is 5.31. The number of aromatic nitrogens is 4. The van der Waals surface area contributed by atoms with Gasteiger partial charge in [-0.3, -0.25) is 9.48 Å². The van der Waals surface area contributed by atoms with Gasteiger partial charge >= 0.3 is 0 Å². The van der Waals surface area contributed by atoms with E-state index in [1.165, 1.54) is 0 Å². The number of nitrogens with one attached hydrogen (secondary N) is 2. The number of hydrogen-bond acceptors (Lipinski definition) is 6. The summed E-state index contributed by atoms with van der Waals surface area (Å²) >= 11 is 0. The number of carbonyl (C=O) groups is 1. The molecule has 29 heavy (non-hydrogen) atoms. The summed E-state index contributed by atoms with van der Waals surface area (Å²) in [5, 5.41) is 14.8. The molecule has 0 saturated carbocycles. The average molecular weight is 417 g/mol. The Balaban J connectivity index is 0.00000240. The second-order valence-corrected chi connectivity index (χ2v) is 7.09. The largest absolute Gasteiger partial charge is 0.334 e. The lowest BCUT2D eigenvalue weighted by molar-refractivity contribution is -0.126. The first-order valence-electron chi connectivity index (χ1n) is 9.58. The molecule has 0 unspecified atom stereocenters. The molecular weight excluding hydrogens is 392 g/mol. The van der Waals surface area contributed by atoms with Gasteiger partial charge in [-0.1, -0.05) is 18.1 Å². The van der Waals surface area contributed by atoms with Gasteiger partial charge in [0.05, 0.1) is 0 Å². The van der Waals surface area contributed by atoms with Crippen molar-refractivity contribution in [3.8, 4) is 11.5 Å². The van der Waals surface area contributed by atoms with Gasteiger partial charge in [-0.15, -0.1) is 12.4 Å². The molecular formula is C20H25ClN6O2. The molecule has 0 radical (unpaired) electrons. The fourth-order valence-corrected chi connectivity index (χ4v) is 3.57. The Morgan fingerprint density at radius 3 is 2.79 bits per heavy atom. The second-order valence-electron chi connectivity index (χ2n) is 7.09. The van der Waals surface area contributed by atoms with E-state index >= 15 is 0 Å². The van der Waals surface area contributed by atoms with E-state index in [4.69, 9.17) is 4.52 Å². The summed E-state index contributed by atoms with van der Waals surface area (Å²) in [7, 11) is 0. The molecule has 154 valence electrons. The zero-order valence-corrected chi connectivity index (χ0v) is 17.3. The maximum Gasteiger partial charge on any atom is 0.257 e. The van der Waals surface area contributed by atoms with Crippen LogP contribution in [0.3, 0.4) is 0 Å². The van der Waals surface area contributed by atoms with Gasteiger partial charge in [-0.05, 0) is 56.6 Å². The molecule has 1 aliphatic heterocycles. The van der Waals surface area contributed by atoms with Crippen molar-refractivity contribution in [3.05, 3.63) is 48.0 Å². The van der Waals surface area contributed by atoms with E-state index in [0.717, 1.165) is 29.9 Å². The summed E-state index contributed by atoms with van der Waals surface area (Å²) in [5.41, 5.74) is 1.80. The molecule has 2 aromatic heterocycles. The predicted molar refractivity (Wildman–Crippen MR) is 112 cm³/mol. The van der Waals surface area contributed by atoms with Crippen molar-refractivity contribution in [2.45, 2.75) is 38.6 Å². The molecule has 1 aliphatic rings. The molecule has 0 atom stereocenters. The first kappa shape index (κ1) is 21.0. The lowest BCUT2D eigenvalue weighted by Gasteiger charge is -2.36. The monoisotopic (exact) mass is 416 g/mol. The van der Waals surface area contributed by atoms with Crippen LogP contribution in [-0.2, 0) is 16.8 Å². The van der Waals surface area contributed by atoms with Crippen molar-refractivity contribution in [3.63, 3.8) is 0 Å². The topological polar surface area (TPSA) is 97.9 Å². The fourth-order valence-electron chi connectivity index (χ4n) is 3.57. The summed E-state index contributed by atoms with van der Waals surface area (Å²) in [4.78, 5) is 17.8. The molecule has 1 saturated heterocycles. The number of benzene rings is 1. The normalized spacial score (nSPS) is 15.5. The van der Waals surface area contributed by atoms with Crippen LogP contribution in [0.5, 0.6) is 0 Å². The van der Waals surface area contributed by atoms with Gasteiger partial charge < -0.3 is 15.2 Å². The number of carbonyl (C=O) groups excluding carboxylic acids is 1. The lowest BCUT2D eigenvalue weighted by Crippen LogP contribution is -2.52. The van der Waals surface area contributed by atoms with Crippen LogP contribution in [0.4, 0.5) is 5.69 Å². The zero-order valence-electron chi connectivity index (χ0n) is 16.5. The minimum atomic E-state index is -0.697. The minimum Gasteiger partial charge on any atom is -0.334 e. The highest BCUT2D eigenvalue weighted by atomic mass is 35.5. The van der Waals surface area contributed by atoms with Crippen LogP contribution in [-0.4, -0.2) is 38.9 Å². The number of rotatable bonds is 5. The summed E-state index contributed by atoms with van der Waals surface area (Å²) in [6, 6.07) is 7.61. The van der Waals surface area contributed by atoms with Crippen LogP contribution in [0.1, 0.15) is 31.2 Å². The zero-order chi connectivity index (χ0) is 19.6. The SMILES string of the molecule is CCc1noc(-c2ccc(C)c(NC(=O)C3(n4cccn4)CCNCC3)c2)n1.Cl. The van der Waals surface area contributed by atoms with Crippen molar-refractivity contribution in [2.24, 2.45) is 0 Å². The predicted octanol–water partition coefficient (Wildman–Crippen LogP) is 2.94. The third-order valence-corrected chi connectivity index (χ3v) is 5.31. The number of amides is 1. The standard InChI is InChI=1S/C20H24N6O2.ClH/c1-3-17-24-18(28-25-17)15-6-5-14(2)16(13-15)23-19(27)20(7-10-21-11-8-20)26-12-4-9-22-26;/h4-6,9,12-13,21H,3,7-8,10-11H2,1-2H3,(H,23,27);1H. The Hall–Kier alpha value is -2.71. The molecule has 1 fully saturated rings. The third kappa shape index (κ3) is 4.04. The Kier molecular flexibility index (Phi) is 6.34. The summed E-state index contributed by atoms with van der Waals surface area (Å²) in [6.07, 6.45) is 5.65. The van der Waals surface area contributed by atoms with E-state index in [2.05, 4.69) is 25.9 Å². The van der Waals surface area contributed by atoms with E-state index in [0.29, 0.717) is 31.0 Å². The summed E-state index contributed by atoms with van der Waals surface area (Å²) < 4.78 is 7.13. The molecule has 1 aromatic carbocycles. The first-order valence-corrected chi connectivity index (χ1v) is 9.58. The highest BCUT2D eigenvalue weighted by molar-refractivity contribution is 5.97. The molecule has 2 N–H and O–H groups in total. The van der Waals surface area contributed by atoms with Crippen LogP contribution < -0.4 is 10.6 Å². The maximum absolute atomic E-state index is 13.4. The molecule has 0 aliphatic carbocycles. The molecule has 0 bridgehead atoms. The van der Waals surface area contributed by atoms with Gasteiger partial charge in [0.25, 0.3) is 11.8 Å². The molecule has 4 rings (SSSR count). The van der Waals surface area contributed by atoms with Crippen LogP contribution in [0.2, 0.25) is 0 Å². The van der Waals surface area contributed by atoms with Crippen molar-refractivity contribution in [1.29, 1.82) is 0 Å². The van der Waals surface area contributed by atoms with Crippen molar-refractivity contribution >= 4 is 24.0 Å². The number of piperidine rings is 1. The molecule has 3 heterocycles. The van der Waals surface area contributed by atoms with Gasteiger partial charge in [0, 0.05) is 30.1 Å². The van der Waals surface area contributed by atoms with Crippen molar-refractivity contribution in [2.75, 3.05) is 18.4 Å². The van der Waals surface area contributed by atoms with E-state index in [1.54, 1.807) is 10.9 Å². The van der Waals surface area contributed by atoms with Crippen LogP contribution >= 0.6 is 12.4 Å². The van der Waals surface area contributed by atoms with Crippen LogP contribution in [0.15, 0.2) is 41.2 Å². The lowest BCUT2D eigenvalue weighted by atomic mass is 9.87. The van der Waals surface area contributed by atoms with Gasteiger partial charge in [-0.2, -0.15) is 10.1 Å². The molecule has 3 aromatic rings. The fraction of sp³-hybridized carbons (Fsp3) is 0.400. The highest BCUT2D eigenvalue weighted by Crippen LogP contribution is 2.31. The molecule has 0 spiro atoms.